The second kappa shape index (κ2) is 13.0. The molecule has 0 saturated carbocycles. The van der Waals surface area contributed by atoms with E-state index in [-0.39, 0.29) is 0 Å². The SMILES string of the molecule is N#Cc1cncc(-c2cccc(-c3ccc4c(c3)-c3cc(-c5cccc(-c6cncc(C#N)c6)n5)ccc3C4(c3ccccc3)c3ccccc3)n2)c1. The van der Waals surface area contributed by atoms with E-state index in [0.717, 1.165) is 56.2 Å². The fraction of sp³-hybridized carbons (Fsp3) is 0.0213. The predicted octanol–water partition coefficient (Wildman–Crippen LogP) is 10.0. The number of aromatic nitrogens is 4. The highest BCUT2D eigenvalue weighted by molar-refractivity contribution is 5.90. The lowest BCUT2D eigenvalue weighted by molar-refractivity contribution is 0.768. The van der Waals surface area contributed by atoms with Gasteiger partial charge in [-0.25, -0.2) is 9.97 Å². The summed E-state index contributed by atoms with van der Waals surface area (Å²) in [4.78, 5) is 18.6. The molecule has 0 aliphatic heterocycles. The number of pyridine rings is 4. The molecule has 246 valence electrons. The van der Waals surface area contributed by atoms with Crippen LogP contribution in [0, 0.1) is 22.7 Å². The van der Waals surface area contributed by atoms with Crippen molar-refractivity contribution in [2.45, 2.75) is 5.41 Å². The van der Waals surface area contributed by atoms with Gasteiger partial charge in [0.2, 0.25) is 0 Å². The third kappa shape index (κ3) is 5.34. The third-order valence-electron chi connectivity index (χ3n) is 9.97. The Bertz CT molecular complexity index is 2570. The van der Waals surface area contributed by atoms with Crippen molar-refractivity contribution in [3.63, 3.8) is 0 Å². The fourth-order valence-electron chi connectivity index (χ4n) is 7.61. The van der Waals surface area contributed by atoms with Gasteiger partial charge in [0.25, 0.3) is 0 Å². The van der Waals surface area contributed by atoms with E-state index in [1.807, 2.05) is 48.5 Å². The molecule has 0 unspecified atom stereocenters. The molecule has 0 amide bonds. The Labute approximate surface area is 307 Å². The Balaban J connectivity index is 1.25. The highest BCUT2D eigenvalue weighted by atomic mass is 14.7. The zero-order chi connectivity index (χ0) is 35.8. The Kier molecular flexibility index (Phi) is 7.70. The van der Waals surface area contributed by atoms with E-state index in [9.17, 15) is 10.5 Å². The first kappa shape index (κ1) is 31.4. The largest absolute Gasteiger partial charge is 0.263 e. The first-order valence-electron chi connectivity index (χ1n) is 17.2. The Hall–Kier alpha value is -7.54. The standard InChI is InChI=1S/C47H28N6/c48-25-31-21-35(29-50-27-31)45-15-7-13-43(52-45)33-17-19-41-39(23-33)40-24-34(44-14-8-16-46(53-44)36-22-32(26-49)28-51-30-36)18-20-42(40)47(41,37-9-3-1-4-10-37)38-11-5-2-6-12-38/h1-24,27-30H. The summed E-state index contributed by atoms with van der Waals surface area (Å²) in [6.45, 7) is 0. The van der Waals surface area contributed by atoms with Crippen LogP contribution in [0.25, 0.3) is 56.2 Å². The summed E-state index contributed by atoms with van der Waals surface area (Å²) < 4.78 is 0. The van der Waals surface area contributed by atoms with E-state index in [1.165, 1.54) is 22.3 Å². The second-order valence-electron chi connectivity index (χ2n) is 13.0. The highest BCUT2D eigenvalue weighted by Crippen LogP contribution is 2.57. The molecule has 0 atom stereocenters. The number of nitrogens with zero attached hydrogens (tertiary/aromatic N) is 6. The maximum absolute atomic E-state index is 9.47. The van der Waals surface area contributed by atoms with Crippen LogP contribution in [-0.4, -0.2) is 19.9 Å². The van der Waals surface area contributed by atoms with E-state index in [2.05, 4.69) is 119 Å². The molecule has 0 bridgehead atoms. The summed E-state index contributed by atoms with van der Waals surface area (Å²) in [5, 5.41) is 18.9. The van der Waals surface area contributed by atoms with Crippen molar-refractivity contribution in [1.82, 2.24) is 19.9 Å². The van der Waals surface area contributed by atoms with Gasteiger partial charge >= 0.3 is 0 Å². The lowest BCUT2D eigenvalue weighted by Crippen LogP contribution is -2.28. The minimum absolute atomic E-state index is 0.491. The minimum Gasteiger partial charge on any atom is -0.263 e. The lowest BCUT2D eigenvalue weighted by Gasteiger charge is -2.34. The van der Waals surface area contributed by atoms with Crippen LogP contribution < -0.4 is 0 Å². The zero-order valence-corrected chi connectivity index (χ0v) is 28.3. The molecule has 4 heterocycles. The normalized spacial score (nSPS) is 12.3. The van der Waals surface area contributed by atoms with Gasteiger partial charge in [-0.15, -0.1) is 0 Å². The van der Waals surface area contributed by atoms with Gasteiger partial charge in [0.15, 0.2) is 0 Å². The van der Waals surface area contributed by atoms with E-state index in [0.29, 0.717) is 11.1 Å². The molecule has 9 rings (SSSR count). The topological polar surface area (TPSA) is 99.1 Å². The summed E-state index contributed by atoms with van der Waals surface area (Å²) in [6, 6.07) is 54.7. The van der Waals surface area contributed by atoms with Gasteiger partial charge in [0, 0.05) is 47.0 Å². The summed E-state index contributed by atoms with van der Waals surface area (Å²) in [7, 11) is 0. The molecule has 0 spiro atoms. The molecular formula is C47H28N6. The number of hydrogen-bond donors (Lipinski definition) is 0. The number of fused-ring (bicyclic) bond motifs is 3. The van der Waals surface area contributed by atoms with Gasteiger partial charge in [-0.1, -0.05) is 97.1 Å². The van der Waals surface area contributed by atoms with Crippen LogP contribution in [0.3, 0.4) is 0 Å². The van der Waals surface area contributed by atoms with E-state index in [1.54, 1.807) is 24.8 Å². The van der Waals surface area contributed by atoms with Crippen molar-refractivity contribution >= 4 is 0 Å². The fourth-order valence-corrected chi connectivity index (χ4v) is 7.61. The van der Waals surface area contributed by atoms with Crippen LogP contribution >= 0.6 is 0 Å². The minimum atomic E-state index is -0.568. The van der Waals surface area contributed by atoms with Crippen LogP contribution in [0.5, 0.6) is 0 Å². The molecule has 0 N–H and O–H groups in total. The molecule has 1 aliphatic carbocycles. The molecule has 0 fully saturated rings. The van der Waals surface area contributed by atoms with Crippen LogP contribution in [0.4, 0.5) is 0 Å². The number of rotatable bonds is 6. The summed E-state index contributed by atoms with van der Waals surface area (Å²) in [5.74, 6) is 0. The van der Waals surface area contributed by atoms with Gasteiger partial charge in [-0.05, 0) is 81.9 Å². The molecule has 53 heavy (non-hydrogen) atoms. The maximum Gasteiger partial charge on any atom is 0.101 e. The van der Waals surface area contributed by atoms with Crippen molar-refractivity contribution in [3.8, 4) is 68.3 Å². The molecule has 8 aromatic rings. The molecule has 6 nitrogen and oxygen atoms in total. The smallest absolute Gasteiger partial charge is 0.101 e. The first-order chi connectivity index (χ1) is 26.1. The van der Waals surface area contributed by atoms with Crippen LogP contribution in [0.2, 0.25) is 0 Å². The van der Waals surface area contributed by atoms with E-state index in [4.69, 9.17) is 9.97 Å². The Morgan fingerprint density at radius 3 is 1.23 bits per heavy atom. The van der Waals surface area contributed by atoms with Crippen LogP contribution in [0.1, 0.15) is 33.4 Å². The van der Waals surface area contributed by atoms with Crippen molar-refractivity contribution in [1.29, 1.82) is 10.5 Å². The van der Waals surface area contributed by atoms with Gasteiger partial charge in [-0.2, -0.15) is 10.5 Å². The van der Waals surface area contributed by atoms with Gasteiger partial charge in [-0.3, -0.25) is 9.97 Å². The van der Waals surface area contributed by atoms with Crippen LogP contribution in [-0.2, 0) is 5.41 Å². The number of benzene rings is 4. The zero-order valence-electron chi connectivity index (χ0n) is 28.3. The predicted molar refractivity (Wildman–Crippen MR) is 206 cm³/mol. The third-order valence-corrected chi connectivity index (χ3v) is 9.97. The molecule has 1 aliphatic rings. The van der Waals surface area contributed by atoms with Crippen molar-refractivity contribution in [2.24, 2.45) is 0 Å². The lowest BCUT2D eigenvalue weighted by atomic mass is 9.67. The van der Waals surface area contributed by atoms with Crippen molar-refractivity contribution in [2.75, 3.05) is 0 Å². The molecule has 4 aromatic heterocycles. The van der Waals surface area contributed by atoms with Crippen molar-refractivity contribution < 1.29 is 0 Å². The van der Waals surface area contributed by atoms with Gasteiger partial charge < -0.3 is 0 Å². The summed E-state index contributed by atoms with van der Waals surface area (Å²) in [5.41, 5.74) is 14.1. The average molecular weight is 677 g/mol. The average Bonchev–Trinajstić information content (AvgIpc) is 3.54. The van der Waals surface area contributed by atoms with E-state index < -0.39 is 5.41 Å². The first-order valence-corrected chi connectivity index (χ1v) is 17.2. The molecule has 0 radical (unpaired) electrons. The Morgan fingerprint density at radius 1 is 0.396 bits per heavy atom. The number of nitriles is 2. The quantitative estimate of drug-likeness (QED) is 0.174. The molecule has 6 heteroatoms. The van der Waals surface area contributed by atoms with Gasteiger partial charge in [0.05, 0.1) is 39.3 Å². The molecular weight excluding hydrogens is 649 g/mol. The monoisotopic (exact) mass is 676 g/mol. The molecule has 4 aromatic carbocycles. The molecule has 0 saturated heterocycles. The van der Waals surface area contributed by atoms with Gasteiger partial charge in [0.1, 0.15) is 12.1 Å². The van der Waals surface area contributed by atoms with Crippen LogP contribution in [0.15, 0.2) is 170 Å². The highest BCUT2D eigenvalue weighted by Gasteiger charge is 2.46. The van der Waals surface area contributed by atoms with Crippen molar-refractivity contribution in [3.05, 3.63) is 204 Å². The summed E-state index contributed by atoms with van der Waals surface area (Å²) >= 11 is 0. The summed E-state index contributed by atoms with van der Waals surface area (Å²) in [6.07, 6.45) is 6.59. The second-order valence-corrected chi connectivity index (χ2v) is 13.0. The Morgan fingerprint density at radius 2 is 0.811 bits per heavy atom. The maximum atomic E-state index is 9.47. The van der Waals surface area contributed by atoms with E-state index >= 15 is 0 Å². The number of hydrogen-bond acceptors (Lipinski definition) is 6.